The first-order valence-corrected chi connectivity index (χ1v) is 6.07. The zero-order valence-corrected chi connectivity index (χ0v) is 10.8. The fraction of sp³-hybridized carbons (Fsp3) is 0.583. The molecular formula is C12H15F4N3. The van der Waals surface area contributed by atoms with Gasteiger partial charge in [-0.3, -0.25) is 0 Å². The van der Waals surface area contributed by atoms with Crippen molar-refractivity contribution in [1.82, 2.24) is 9.88 Å². The number of hydrogen-bond donors (Lipinski definition) is 0. The molecule has 1 aromatic heterocycles. The van der Waals surface area contributed by atoms with Crippen LogP contribution in [0.4, 0.5) is 23.2 Å². The molecule has 0 bridgehead atoms. The fourth-order valence-corrected chi connectivity index (χ4v) is 2.43. The number of pyridine rings is 1. The van der Waals surface area contributed by atoms with E-state index in [9.17, 15) is 17.6 Å². The summed E-state index contributed by atoms with van der Waals surface area (Å²) in [7, 11) is 1.89. The fourth-order valence-electron chi connectivity index (χ4n) is 2.43. The molecule has 1 aliphatic rings. The van der Waals surface area contributed by atoms with E-state index in [2.05, 4.69) is 4.98 Å². The molecule has 1 fully saturated rings. The number of rotatable bonds is 1. The van der Waals surface area contributed by atoms with Gasteiger partial charge in [0.1, 0.15) is 5.69 Å². The lowest BCUT2D eigenvalue weighted by Crippen LogP contribution is -2.39. The third-order valence-corrected chi connectivity index (χ3v) is 3.31. The minimum atomic E-state index is -1.61. The Bertz CT molecular complexity index is 454. The molecule has 7 heteroatoms. The van der Waals surface area contributed by atoms with E-state index in [1.807, 2.05) is 11.9 Å². The summed E-state index contributed by atoms with van der Waals surface area (Å²) in [6, 6.07) is -0.252. The zero-order valence-electron chi connectivity index (χ0n) is 10.8. The van der Waals surface area contributed by atoms with Gasteiger partial charge in [0.05, 0.1) is 0 Å². The van der Waals surface area contributed by atoms with Crippen LogP contribution >= 0.6 is 0 Å². The minimum absolute atomic E-state index is 0.252. The highest BCUT2D eigenvalue weighted by atomic mass is 19.2. The number of aromatic nitrogens is 1. The average Bonchev–Trinajstić information content (AvgIpc) is 2.49. The summed E-state index contributed by atoms with van der Waals surface area (Å²) in [5.41, 5.74) is -0.659. The third kappa shape index (κ3) is 2.65. The van der Waals surface area contributed by atoms with Gasteiger partial charge >= 0.3 is 0 Å². The summed E-state index contributed by atoms with van der Waals surface area (Å²) in [5.74, 6) is -6.09. The maximum absolute atomic E-state index is 13.7. The Morgan fingerprint density at radius 3 is 2.21 bits per heavy atom. The Hall–Kier alpha value is -1.37. The SMILES string of the molecule is CC1CN(C)CCCN1c1c(F)c(F)nc(F)c1F. The Morgan fingerprint density at radius 1 is 1.05 bits per heavy atom. The number of nitrogens with zero attached hydrogens (tertiary/aromatic N) is 3. The van der Waals surface area contributed by atoms with E-state index in [-0.39, 0.29) is 6.04 Å². The first-order valence-electron chi connectivity index (χ1n) is 6.07. The monoisotopic (exact) mass is 277 g/mol. The first kappa shape index (κ1) is 14.0. The predicted octanol–water partition coefficient (Wildman–Crippen LogP) is 2.17. The van der Waals surface area contributed by atoms with Crippen LogP contribution in [-0.4, -0.2) is 42.6 Å². The van der Waals surface area contributed by atoms with Crippen LogP contribution in [0.2, 0.25) is 0 Å². The van der Waals surface area contributed by atoms with E-state index in [1.165, 1.54) is 4.90 Å². The lowest BCUT2D eigenvalue weighted by atomic mass is 10.2. The molecule has 3 nitrogen and oxygen atoms in total. The second-order valence-electron chi connectivity index (χ2n) is 4.83. The van der Waals surface area contributed by atoms with Gasteiger partial charge in [0.25, 0.3) is 11.9 Å². The Kier molecular flexibility index (Phi) is 3.93. The minimum Gasteiger partial charge on any atom is -0.362 e. The molecule has 106 valence electrons. The Morgan fingerprint density at radius 2 is 1.63 bits per heavy atom. The van der Waals surface area contributed by atoms with E-state index in [4.69, 9.17) is 0 Å². The zero-order chi connectivity index (χ0) is 14.2. The third-order valence-electron chi connectivity index (χ3n) is 3.31. The van der Waals surface area contributed by atoms with Crippen LogP contribution in [0.1, 0.15) is 13.3 Å². The second kappa shape index (κ2) is 5.32. The smallest absolute Gasteiger partial charge is 0.253 e. The quantitative estimate of drug-likeness (QED) is 0.579. The van der Waals surface area contributed by atoms with Crippen LogP contribution in [0.15, 0.2) is 0 Å². The lowest BCUT2D eigenvalue weighted by Gasteiger charge is -2.30. The molecule has 1 unspecified atom stereocenters. The van der Waals surface area contributed by atoms with Crippen LogP contribution in [0, 0.1) is 23.5 Å². The van der Waals surface area contributed by atoms with Crippen molar-refractivity contribution in [2.24, 2.45) is 0 Å². The van der Waals surface area contributed by atoms with Gasteiger partial charge in [-0.25, -0.2) is 0 Å². The van der Waals surface area contributed by atoms with Gasteiger partial charge in [-0.05, 0) is 26.9 Å². The summed E-state index contributed by atoms with van der Waals surface area (Å²) in [6.07, 6.45) is 0.658. The van der Waals surface area contributed by atoms with Crippen LogP contribution in [0.25, 0.3) is 0 Å². The molecule has 1 aliphatic heterocycles. The van der Waals surface area contributed by atoms with Crippen molar-refractivity contribution in [3.8, 4) is 0 Å². The van der Waals surface area contributed by atoms with Crippen molar-refractivity contribution < 1.29 is 17.6 Å². The topological polar surface area (TPSA) is 19.4 Å². The molecule has 19 heavy (non-hydrogen) atoms. The highest BCUT2D eigenvalue weighted by molar-refractivity contribution is 5.49. The molecule has 0 spiro atoms. The Balaban J connectivity index is 2.45. The van der Waals surface area contributed by atoms with Gasteiger partial charge in [0.15, 0.2) is 0 Å². The van der Waals surface area contributed by atoms with E-state index < -0.39 is 29.2 Å². The Labute approximate surface area is 108 Å². The highest BCUT2D eigenvalue weighted by Gasteiger charge is 2.29. The van der Waals surface area contributed by atoms with Crippen molar-refractivity contribution in [3.63, 3.8) is 0 Å². The predicted molar refractivity (Wildman–Crippen MR) is 63.0 cm³/mol. The maximum atomic E-state index is 13.7. The molecule has 1 saturated heterocycles. The van der Waals surface area contributed by atoms with Gasteiger partial charge in [-0.2, -0.15) is 22.5 Å². The number of likely N-dealkylation sites (N-methyl/N-ethyl adjacent to an activating group) is 1. The van der Waals surface area contributed by atoms with Crippen molar-refractivity contribution in [2.45, 2.75) is 19.4 Å². The normalized spacial score (nSPS) is 21.6. The molecule has 0 aliphatic carbocycles. The average molecular weight is 277 g/mol. The molecule has 0 radical (unpaired) electrons. The van der Waals surface area contributed by atoms with Gasteiger partial charge in [-0.15, -0.1) is 0 Å². The molecule has 0 saturated carbocycles. The van der Waals surface area contributed by atoms with Gasteiger partial charge < -0.3 is 9.80 Å². The van der Waals surface area contributed by atoms with Crippen molar-refractivity contribution in [1.29, 1.82) is 0 Å². The van der Waals surface area contributed by atoms with Crippen LogP contribution < -0.4 is 4.90 Å². The van der Waals surface area contributed by atoms with Gasteiger partial charge in [0.2, 0.25) is 11.6 Å². The molecule has 2 heterocycles. The molecule has 1 atom stereocenters. The van der Waals surface area contributed by atoms with Gasteiger partial charge in [0, 0.05) is 19.1 Å². The maximum Gasteiger partial charge on any atom is 0.253 e. The van der Waals surface area contributed by atoms with E-state index in [0.717, 1.165) is 6.54 Å². The first-order chi connectivity index (χ1) is 8.91. The molecule has 1 aromatic rings. The molecule has 2 rings (SSSR count). The summed E-state index contributed by atoms with van der Waals surface area (Å²) in [4.78, 5) is 5.94. The second-order valence-corrected chi connectivity index (χ2v) is 4.83. The number of anilines is 1. The highest BCUT2D eigenvalue weighted by Crippen LogP contribution is 2.29. The summed E-state index contributed by atoms with van der Waals surface area (Å²) >= 11 is 0. The standard InChI is InChI=1S/C12H15F4N3/c1-7-6-18(2)4-3-5-19(7)10-8(13)11(15)17-12(16)9(10)14/h7H,3-6H2,1-2H3. The largest absolute Gasteiger partial charge is 0.362 e. The molecular weight excluding hydrogens is 262 g/mol. The lowest BCUT2D eigenvalue weighted by molar-refractivity contribution is 0.335. The van der Waals surface area contributed by atoms with E-state index in [1.54, 1.807) is 6.92 Å². The van der Waals surface area contributed by atoms with Crippen molar-refractivity contribution >= 4 is 5.69 Å². The number of halogens is 4. The van der Waals surface area contributed by atoms with Crippen LogP contribution in [-0.2, 0) is 0 Å². The van der Waals surface area contributed by atoms with Crippen molar-refractivity contribution in [2.75, 3.05) is 31.6 Å². The molecule has 0 amide bonds. The summed E-state index contributed by atoms with van der Waals surface area (Å²) in [5, 5.41) is 0. The van der Waals surface area contributed by atoms with Crippen LogP contribution in [0.3, 0.4) is 0 Å². The van der Waals surface area contributed by atoms with E-state index in [0.29, 0.717) is 19.5 Å². The van der Waals surface area contributed by atoms with Crippen LogP contribution in [0.5, 0.6) is 0 Å². The summed E-state index contributed by atoms with van der Waals surface area (Å²) in [6.45, 7) is 3.42. The van der Waals surface area contributed by atoms with Gasteiger partial charge in [-0.1, -0.05) is 0 Å². The number of hydrogen-bond acceptors (Lipinski definition) is 3. The molecule has 0 aromatic carbocycles. The molecule has 0 N–H and O–H groups in total. The van der Waals surface area contributed by atoms with E-state index >= 15 is 0 Å². The van der Waals surface area contributed by atoms with Crippen molar-refractivity contribution in [3.05, 3.63) is 23.5 Å². The summed E-state index contributed by atoms with van der Waals surface area (Å²) < 4.78 is 53.8.